The number of hydrogen-bond donors (Lipinski definition) is 3. The average Bonchev–Trinajstić information content (AvgIpc) is 2.49. The fourth-order valence-corrected chi connectivity index (χ4v) is 2.90. The molecule has 0 atom stereocenters. The van der Waals surface area contributed by atoms with Crippen molar-refractivity contribution in [3.63, 3.8) is 0 Å². The van der Waals surface area contributed by atoms with Gasteiger partial charge in [0.1, 0.15) is 5.69 Å². The lowest BCUT2D eigenvalue weighted by Gasteiger charge is -2.25. The number of carboxylic acid groups (broad SMARTS) is 1. The van der Waals surface area contributed by atoms with Gasteiger partial charge in [-0.3, -0.25) is 4.90 Å². The number of thioether (sulfide) groups is 1. The predicted octanol–water partition coefficient (Wildman–Crippen LogP) is 0.950. The molecule has 1 aliphatic heterocycles. The van der Waals surface area contributed by atoms with Gasteiger partial charge in [0.05, 0.1) is 11.9 Å². The van der Waals surface area contributed by atoms with E-state index in [0.717, 1.165) is 31.1 Å². The first kappa shape index (κ1) is 15.6. The first-order chi connectivity index (χ1) is 10.1. The number of pyridine rings is 1. The summed E-state index contributed by atoms with van der Waals surface area (Å²) in [5, 5.41) is 14.1. The van der Waals surface area contributed by atoms with E-state index in [2.05, 4.69) is 20.5 Å². The molecule has 0 aromatic carbocycles. The Morgan fingerprint density at radius 1 is 1.33 bits per heavy atom. The van der Waals surface area contributed by atoms with E-state index in [1.807, 2.05) is 11.8 Å². The molecule has 2 heterocycles. The lowest BCUT2D eigenvalue weighted by molar-refractivity contribution is 0.0690. The highest BCUT2D eigenvalue weighted by atomic mass is 32.2. The number of anilines is 1. The molecule has 1 aromatic rings. The third-order valence-corrected chi connectivity index (χ3v) is 4.00. The van der Waals surface area contributed by atoms with Gasteiger partial charge in [0.25, 0.3) is 0 Å². The van der Waals surface area contributed by atoms with E-state index in [9.17, 15) is 9.59 Å². The third-order valence-electron chi connectivity index (χ3n) is 3.06. The van der Waals surface area contributed by atoms with E-state index in [-0.39, 0.29) is 11.7 Å². The second-order valence-electron chi connectivity index (χ2n) is 4.57. The smallest absolute Gasteiger partial charge is 0.354 e. The van der Waals surface area contributed by atoms with Gasteiger partial charge in [0.2, 0.25) is 0 Å². The molecule has 0 unspecified atom stereocenters. The van der Waals surface area contributed by atoms with Gasteiger partial charge in [-0.05, 0) is 12.1 Å². The zero-order chi connectivity index (χ0) is 15.1. The summed E-state index contributed by atoms with van der Waals surface area (Å²) >= 11 is 1.95. The number of amides is 2. The molecule has 8 heteroatoms. The minimum atomic E-state index is -1.09. The molecule has 0 aliphatic carbocycles. The van der Waals surface area contributed by atoms with Crippen LogP contribution < -0.4 is 10.6 Å². The maximum atomic E-state index is 11.7. The summed E-state index contributed by atoms with van der Waals surface area (Å²) in [5.41, 5.74) is 0.413. The summed E-state index contributed by atoms with van der Waals surface area (Å²) in [4.78, 5) is 28.4. The number of nitrogens with one attached hydrogen (secondary N) is 2. The highest BCUT2D eigenvalue weighted by molar-refractivity contribution is 7.99. The Hall–Kier alpha value is -1.80. The molecule has 21 heavy (non-hydrogen) atoms. The monoisotopic (exact) mass is 310 g/mol. The van der Waals surface area contributed by atoms with Crippen LogP contribution in [0.5, 0.6) is 0 Å². The lowest BCUT2D eigenvalue weighted by atomic mass is 10.3. The molecular weight excluding hydrogens is 292 g/mol. The number of carbonyl (C=O) groups is 2. The SMILES string of the molecule is O=C(NCCN1CCSCC1)Nc1ccc(C(=O)O)nc1. The fraction of sp³-hybridized carbons (Fsp3) is 0.462. The van der Waals surface area contributed by atoms with Crippen molar-refractivity contribution < 1.29 is 14.7 Å². The van der Waals surface area contributed by atoms with Gasteiger partial charge in [-0.2, -0.15) is 11.8 Å². The number of aromatic nitrogens is 1. The van der Waals surface area contributed by atoms with E-state index in [0.29, 0.717) is 12.2 Å². The minimum absolute atomic E-state index is 0.0519. The van der Waals surface area contributed by atoms with Crippen LogP contribution in [-0.2, 0) is 0 Å². The standard InChI is InChI=1S/C13H18N4O3S/c18-12(19)11-2-1-10(9-15-11)16-13(20)14-3-4-17-5-7-21-8-6-17/h1-2,9H,3-8H2,(H,18,19)(H2,14,16,20). The molecule has 1 aromatic heterocycles. The third kappa shape index (κ3) is 5.24. The van der Waals surface area contributed by atoms with Crippen LogP contribution >= 0.6 is 11.8 Å². The maximum absolute atomic E-state index is 11.7. The van der Waals surface area contributed by atoms with Gasteiger partial charge in [0.15, 0.2) is 0 Å². The number of rotatable bonds is 5. The zero-order valence-corrected chi connectivity index (χ0v) is 12.4. The zero-order valence-electron chi connectivity index (χ0n) is 11.5. The Balaban J connectivity index is 1.70. The van der Waals surface area contributed by atoms with Crippen molar-refractivity contribution in [2.45, 2.75) is 0 Å². The van der Waals surface area contributed by atoms with Crippen molar-refractivity contribution in [1.82, 2.24) is 15.2 Å². The molecule has 1 fully saturated rings. The summed E-state index contributed by atoms with van der Waals surface area (Å²) in [7, 11) is 0. The van der Waals surface area contributed by atoms with Crippen molar-refractivity contribution in [1.29, 1.82) is 0 Å². The Morgan fingerprint density at radius 2 is 2.10 bits per heavy atom. The van der Waals surface area contributed by atoms with E-state index in [1.165, 1.54) is 18.3 Å². The molecule has 0 spiro atoms. The quantitative estimate of drug-likeness (QED) is 0.749. The maximum Gasteiger partial charge on any atom is 0.354 e. The van der Waals surface area contributed by atoms with Gasteiger partial charge in [-0.25, -0.2) is 14.6 Å². The minimum Gasteiger partial charge on any atom is -0.477 e. The van der Waals surface area contributed by atoms with Gasteiger partial charge < -0.3 is 15.7 Å². The van der Waals surface area contributed by atoms with Gasteiger partial charge in [0, 0.05) is 37.7 Å². The van der Waals surface area contributed by atoms with Crippen LogP contribution in [0.1, 0.15) is 10.5 Å². The molecular formula is C13H18N4O3S. The highest BCUT2D eigenvalue weighted by Crippen LogP contribution is 2.08. The van der Waals surface area contributed by atoms with Crippen LogP contribution in [0.25, 0.3) is 0 Å². The molecule has 2 rings (SSSR count). The first-order valence-electron chi connectivity index (χ1n) is 6.69. The summed E-state index contributed by atoms with van der Waals surface area (Å²) in [6.45, 7) is 3.55. The van der Waals surface area contributed by atoms with Crippen molar-refractivity contribution in [2.24, 2.45) is 0 Å². The van der Waals surface area contributed by atoms with Gasteiger partial charge in [-0.15, -0.1) is 0 Å². The first-order valence-corrected chi connectivity index (χ1v) is 7.85. The normalized spacial score (nSPS) is 15.4. The number of carbonyl (C=O) groups excluding carboxylic acids is 1. The number of hydrogen-bond acceptors (Lipinski definition) is 5. The molecule has 0 radical (unpaired) electrons. The van der Waals surface area contributed by atoms with Crippen LogP contribution in [0.3, 0.4) is 0 Å². The van der Waals surface area contributed by atoms with Crippen molar-refractivity contribution in [3.05, 3.63) is 24.0 Å². The van der Waals surface area contributed by atoms with Gasteiger partial charge in [-0.1, -0.05) is 0 Å². The Kier molecular flexibility index (Phi) is 5.82. The van der Waals surface area contributed by atoms with Crippen molar-refractivity contribution in [2.75, 3.05) is 43.0 Å². The van der Waals surface area contributed by atoms with Gasteiger partial charge >= 0.3 is 12.0 Å². The molecule has 114 valence electrons. The highest BCUT2D eigenvalue weighted by Gasteiger charge is 2.10. The van der Waals surface area contributed by atoms with E-state index in [1.54, 1.807) is 0 Å². The molecule has 2 amide bonds. The molecule has 1 aliphatic rings. The molecule has 0 bridgehead atoms. The van der Waals surface area contributed by atoms with Crippen LogP contribution in [-0.4, -0.2) is 64.7 Å². The van der Waals surface area contributed by atoms with E-state index >= 15 is 0 Å². The Morgan fingerprint density at radius 3 is 2.71 bits per heavy atom. The summed E-state index contributed by atoms with van der Waals surface area (Å²) in [6, 6.07) is 2.55. The molecule has 7 nitrogen and oxygen atoms in total. The molecule has 3 N–H and O–H groups in total. The van der Waals surface area contributed by atoms with Crippen molar-refractivity contribution in [3.8, 4) is 0 Å². The second kappa shape index (κ2) is 7.84. The topological polar surface area (TPSA) is 94.6 Å². The van der Waals surface area contributed by atoms with E-state index in [4.69, 9.17) is 5.11 Å². The van der Waals surface area contributed by atoms with Crippen LogP contribution in [0, 0.1) is 0 Å². The number of aromatic carboxylic acids is 1. The largest absolute Gasteiger partial charge is 0.477 e. The van der Waals surface area contributed by atoms with Crippen molar-refractivity contribution >= 4 is 29.4 Å². The molecule has 0 saturated carbocycles. The fourth-order valence-electron chi connectivity index (χ4n) is 1.92. The van der Waals surface area contributed by atoms with Crippen LogP contribution in [0.15, 0.2) is 18.3 Å². The van der Waals surface area contributed by atoms with E-state index < -0.39 is 5.97 Å². The number of nitrogens with zero attached hydrogens (tertiary/aromatic N) is 2. The summed E-state index contributed by atoms with van der Waals surface area (Å²) < 4.78 is 0. The summed E-state index contributed by atoms with van der Waals surface area (Å²) in [6.07, 6.45) is 1.32. The average molecular weight is 310 g/mol. The Bertz CT molecular complexity index is 489. The second-order valence-corrected chi connectivity index (χ2v) is 5.80. The number of carboxylic acids is 1. The number of urea groups is 1. The van der Waals surface area contributed by atoms with Crippen LogP contribution in [0.2, 0.25) is 0 Å². The summed E-state index contributed by atoms with van der Waals surface area (Å²) in [5.74, 6) is 1.20. The molecule has 1 saturated heterocycles. The lowest BCUT2D eigenvalue weighted by Crippen LogP contribution is -2.40. The Labute approximate surface area is 127 Å². The van der Waals surface area contributed by atoms with Crippen LogP contribution in [0.4, 0.5) is 10.5 Å². The predicted molar refractivity (Wildman–Crippen MR) is 82.0 cm³/mol.